The summed E-state index contributed by atoms with van der Waals surface area (Å²) in [6.07, 6.45) is -0.708. The van der Waals surface area contributed by atoms with Gasteiger partial charge in [-0.15, -0.1) is 0 Å². The average Bonchev–Trinajstić information content (AvgIpc) is 2.52. The van der Waals surface area contributed by atoms with Crippen LogP contribution in [0.4, 0.5) is 4.79 Å². The molecule has 0 aliphatic carbocycles. The lowest BCUT2D eigenvalue weighted by molar-refractivity contribution is -0.145. The minimum Gasteiger partial charge on any atom is -0.464 e. The van der Waals surface area contributed by atoms with Crippen LogP contribution in [0.15, 0.2) is 24.3 Å². The Labute approximate surface area is 162 Å². The Hall–Kier alpha value is -1.73. The zero-order valence-corrected chi connectivity index (χ0v) is 16.9. The van der Waals surface area contributed by atoms with Crippen LogP contribution in [0, 0.1) is 0 Å². The van der Waals surface area contributed by atoms with Crippen molar-refractivity contribution in [1.29, 1.82) is 0 Å². The summed E-state index contributed by atoms with van der Waals surface area (Å²) in [6, 6.07) is 5.68. The third-order valence-electron chi connectivity index (χ3n) is 2.95. The summed E-state index contributed by atoms with van der Waals surface area (Å²) in [5.41, 5.74) is -0.143. The number of carbonyl (C=O) groups excluding carboxylic acids is 3. The van der Waals surface area contributed by atoms with Gasteiger partial charge in [-0.1, -0.05) is 11.6 Å². The van der Waals surface area contributed by atoms with Crippen molar-refractivity contribution in [2.24, 2.45) is 0 Å². The number of hydrogen-bond acceptors (Lipinski definition) is 6. The molecule has 0 heterocycles. The number of nitrogens with one attached hydrogen (secondary N) is 1. The van der Waals surface area contributed by atoms with Gasteiger partial charge in [0, 0.05) is 16.3 Å². The summed E-state index contributed by atoms with van der Waals surface area (Å²) in [4.78, 5) is 36.1. The van der Waals surface area contributed by atoms with Crippen LogP contribution in [0.25, 0.3) is 0 Å². The van der Waals surface area contributed by atoms with Gasteiger partial charge in [-0.05, 0) is 52.0 Å². The maximum Gasteiger partial charge on any atom is 0.408 e. The molecular formula is C18H24ClNO5S. The highest BCUT2D eigenvalue weighted by atomic mass is 35.5. The van der Waals surface area contributed by atoms with Gasteiger partial charge in [-0.25, -0.2) is 9.59 Å². The lowest BCUT2D eigenvalue weighted by Gasteiger charge is -2.22. The summed E-state index contributed by atoms with van der Waals surface area (Å²) in [7, 11) is 0. The third kappa shape index (κ3) is 8.58. The molecule has 0 aliphatic heterocycles. The van der Waals surface area contributed by atoms with Gasteiger partial charge in [0.15, 0.2) is 5.78 Å². The maximum atomic E-state index is 12.2. The van der Waals surface area contributed by atoms with Gasteiger partial charge >= 0.3 is 12.1 Å². The lowest BCUT2D eigenvalue weighted by Crippen LogP contribution is -2.45. The minimum atomic E-state index is -0.896. The largest absolute Gasteiger partial charge is 0.464 e. The Morgan fingerprint density at radius 1 is 1.19 bits per heavy atom. The Morgan fingerprint density at radius 3 is 2.35 bits per heavy atom. The van der Waals surface area contributed by atoms with E-state index in [9.17, 15) is 14.4 Å². The second kappa shape index (κ2) is 10.4. The quantitative estimate of drug-likeness (QED) is 0.528. The van der Waals surface area contributed by atoms with Gasteiger partial charge in [0.2, 0.25) is 0 Å². The zero-order chi connectivity index (χ0) is 19.7. The van der Waals surface area contributed by atoms with Crippen molar-refractivity contribution < 1.29 is 23.9 Å². The summed E-state index contributed by atoms with van der Waals surface area (Å²) in [5, 5.41) is 3.05. The fraction of sp³-hybridized carbons (Fsp3) is 0.500. The van der Waals surface area contributed by atoms with Crippen molar-refractivity contribution in [1.82, 2.24) is 5.32 Å². The SMILES string of the molecule is CCOC(=O)[C@H](CSCC(=O)c1ccc(Cl)cc1)NC(=O)OC(C)(C)C. The number of hydrogen-bond donors (Lipinski definition) is 1. The molecule has 0 saturated heterocycles. The Balaban J connectivity index is 2.59. The molecule has 0 radical (unpaired) electrons. The molecule has 1 N–H and O–H groups in total. The van der Waals surface area contributed by atoms with Crippen LogP contribution in [0.5, 0.6) is 0 Å². The van der Waals surface area contributed by atoms with Gasteiger partial charge in [0.25, 0.3) is 0 Å². The molecule has 0 unspecified atom stereocenters. The number of ketones is 1. The molecule has 1 aromatic rings. The number of esters is 1. The number of Topliss-reactive ketones (excluding diaryl/α,β-unsaturated/α-hetero) is 1. The van der Waals surface area contributed by atoms with Crippen LogP contribution < -0.4 is 5.32 Å². The normalized spacial score (nSPS) is 12.2. The highest BCUT2D eigenvalue weighted by Gasteiger charge is 2.25. The average molecular weight is 402 g/mol. The first kappa shape index (κ1) is 22.3. The fourth-order valence-electron chi connectivity index (χ4n) is 1.85. The van der Waals surface area contributed by atoms with Crippen LogP contribution in [-0.4, -0.2) is 47.6 Å². The van der Waals surface area contributed by atoms with Gasteiger partial charge < -0.3 is 14.8 Å². The topological polar surface area (TPSA) is 81.7 Å². The first-order valence-electron chi connectivity index (χ1n) is 8.15. The predicted molar refractivity (Wildman–Crippen MR) is 103 cm³/mol. The van der Waals surface area contributed by atoms with E-state index in [0.717, 1.165) is 0 Å². The predicted octanol–water partition coefficient (Wildman–Crippen LogP) is 3.71. The molecule has 0 aromatic heterocycles. The van der Waals surface area contributed by atoms with Gasteiger partial charge in [0.1, 0.15) is 11.6 Å². The molecule has 0 bridgehead atoms. The van der Waals surface area contributed by atoms with E-state index in [1.807, 2.05) is 0 Å². The number of ether oxygens (including phenoxy) is 2. The molecule has 1 aromatic carbocycles. The highest BCUT2D eigenvalue weighted by Crippen LogP contribution is 2.14. The molecule has 0 saturated carbocycles. The van der Waals surface area contributed by atoms with Crippen LogP contribution in [-0.2, 0) is 14.3 Å². The van der Waals surface area contributed by atoms with E-state index in [0.29, 0.717) is 10.6 Å². The summed E-state index contributed by atoms with van der Waals surface area (Å²) in [6.45, 7) is 7.06. The molecular weight excluding hydrogens is 378 g/mol. The first-order valence-corrected chi connectivity index (χ1v) is 9.68. The molecule has 1 atom stereocenters. The highest BCUT2D eigenvalue weighted by molar-refractivity contribution is 8.00. The third-order valence-corrected chi connectivity index (χ3v) is 4.23. The van der Waals surface area contributed by atoms with Crippen LogP contribution >= 0.6 is 23.4 Å². The molecule has 0 spiro atoms. The molecule has 1 rings (SSSR count). The van der Waals surface area contributed by atoms with Crippen LogP contribution in [0.1, 0.15) is 38.1 Å². The fourth-order valence-corrected chi connectivity index (χ4v) is 2.90. The van der Waals surface area contributed by atoms with Crippen molar-refractivity contribution in [3.05, 3.63) is 34.9 Å². The molecule has 6 nitrogen and oxygen atoms in total. The Morgan fingerprint density at radius 2 is 1.81 bits per heavy atom. The van der Waals surface area contributed by atoms with E-state index in [-0.39, 0.29) is 23.9 Å². The summed E-state index contributed by atoms with van der Waals surface area (Å²) < 4.78 is 10.1. The molecule has 8 heteroatoms. The minimum absolute atomic E-state index is 0.0912. The number of halogens is 1. The number of carbonyl (C=O) groups is 3. The van der Waals surface area contributed by atoms with Crippen molar-refractivity contribution in [3.63, 3.8) is 0 Å². The Kier molecular flexibility index (Phi) is 8.95. The lowest BCUT2D eigenvalue weighted by atomic mass is 10.1. The second-order valence-electron chi connectivity index (χ2n) is 6.40. The van der Waals surface area contributed by atoms with Gasteiger partial charge in [-0.3, -0.25) is 4.79 Å². The van der Waals surface area contributed by atoms with Crippen molar-refractivity contribution in [2.45, 2.75) is 39.3 Å². The molecule has 1 amide bonds. The summed E-state index contributed by atoms with van der Waals surface area (Å²) in [5.74, 6) is -0.304. The van der Waals surface area contributed by atoms with Crippen LogP contribution in [0.3, 0.4) is 0 Å². The van der Waals surface area contributed by atoms with E-state index in [4.69, 9.17) is 21.1 Å². The molecule has 144 valence electrons. The number of alkyl carbamates (subject to hydrolysis) is 1. The van der Waals surface area contributed by atoms with Crippen molar-refractivity contribution in [2.75, 3.05) is 18.1 Å². The van der Waals surface area contributed by atoms with Crippen molar-refractivity contribution >= 4 is 41.2 Å². The number of benzene rings is 1. The van der Waals surface area contributed by atoms with E-state index in [2.05, 4.69) is 5.32 Å². The number of rotatable bonds is 8. The maximum absolute atomic E-state index is 12.2. The monoisotopic (exact) mass is 401 g/mol. The van der Waals surface area contributed by atoms with Crippen LogP contribution in [0.2, 0.25) is 5.02 Å². The molecule has 0 fully saturated rings. The smallest absolute Gasteiger partial charge is 0.408 e. The molecule has 0 aliphatic rings. The Bertz CT molecular complexity index is 627. The number of amides is 1. The zero-order valence-electron chi connectivity index (χ0n) is 15.3. The van der Waals surface area contributed by atoms with E-state index < -0.39 is 23.7 Å². The van der Waals surface area contributed by atoms with Gasteiger partial charge in [-0.2, -0.15) is 11.8 Å². The van der Waals surface area contributed by atoms with E-state index in [1.54, 1.807) is 52.0 Å². The number of thioether (sulfide) groups is 1. The van der Waals surface area contributed by atoms with E-state index >= 15 is 0 Å². The second-order valence-corrected chi connectivity index (χ2v) is 7.86. The van der Waals surface area contributed by atoms with Gasteiger partial charge in [0.05, 0.1) is 12.4 Å². The van der Waals surface area contributed by atoms with Crippen molar-refractivity contribution in [3.8, 4) is 0 Å². The summed E-state index contributed by atoms with van der Waals surface area (Å²) >= 11 is 7.03. The molecule has 26 heavy (non-hydrogen) atoms. The standard InChI is InChI=1S/C18H24ClNO5S/c1-5-24-16(22)14(20-17(23)25-18(2,3)4)10-26-11-15(21)12-6-8-13(19)9-7-12/h6-9,14H,5,10-11H2,1-4H3,(H,20,23)/t14-/m0/s1. The van der Waals surface area contributed by atoms with E-state index in [1.165, 1.54) is 11.8 Å². The first-order chi connectivity index (χ1) is 12.1.